The standard InChI is InChI=1S/C12H16BrCl2N3O.HI/c1-7(2)18-12(16)17-3-4-19-11-9(14)5-8(13)6-10(11)15;/h5-7H,3-4H2,1-2H3,(H3,16,17,18);1H. The van der Waals surface area contributed by atoms with Gasteiger partial charge < -0.3 is 15.8 Å². The Labute approximate surface area is 154 Å². The second kappa shape index (κ2) is 9.92. The zero-order chi connectivity index (χ0) is 14.4. The summed E-state index contributed by atoms with van der Waals surface area (Å²) in [6, 6.07) is 3.70. The van der Waals surface area contributed by atoms with Gasteiger partial charge in [-0.1, -0.05) is 39.1 Å². The minimum atomic E-state index is 0. The molecule has 0 saturated carbocycles. The van der Waals surface area contributed by atoms with Gasteiger partial charge in [0.05, 0.1) is 16.6 Å². The molecule has 0 spiro atoms. The van der Waals surface area contributed by atoms with Gasteiger partial charge in [-0.3, -0.25) is 0 Å². The lowest BCUT2D eigenvalue weighted by molar-refractivity contribution is 0.329. The minimum Gasteiger partial charge on any atom is -0.489 e. The Morgan fingerprint density at radius 3 is 2.45 bits per heavy atom. The summed E-state index contributed by atoms with van der Waals surface area (Å²) < 4.78 is 6.31. The maximum Gasteiger partial charge on any atom is 0.188 e. The predicted octanol–water partition coefficient (Wildman–Crippen LogP) is 4.07. The number of nitrogens with one attached hydrogen (secondary N) is 1. The first-order chi connectivity index (χ1) is 8.90. The van der Waals surface area contributed by atoms with Crippen LogP contribution in [0.3, 0.4) is 0 Å². The molecule has 0 unspecified atom stereocenters. The molecule has 0 bridgehead atoms. The second-order valence-electron chi connectivity index (χ2n) is 4.11. The van der Waals surface area contributed by atoms with Gasteiger partial charge in [-0.25, -0.2) is 4.99 Å². The van der Waals surface area contributed by atoms with E-state index in [9.17, 15) is 0 Å². The van der Waals surface area contributed by atoms with Crippen LogP contribution in [0.25, 0.3) is 0 Å². The molecule has 1 aromatic carbocycles. The Balaban J connectivity index is 0.00000361. The molecule has 0 fully saturated rings. The molecule has 0 heterocycles. The summed E-state index contributed by atoms with van der Waals surface area (Å²) in [5, 5.41) is 3.90. The van der Waals surface area contributed by atoms with Crippen molar-refractivity contribution in [3.63, 3.8) is 0 Å². The first-order valence-electron chi connectivity index (χ1n) is 5.74. The highest BCUT2D eigenvalue weighted by atomic mass is 127. The molecule has 4 nitrogen and oxygen atoms in total. The quantitative estimate of drug-likeness (QED) is 0.280. The summed E-state index contributed by atoms with van der Waals surface area (Å²) in [5.41, 5.74) is 5.66. The molecular weight excluding hydrogens is 480 g/mol. The number of guanidine groups is 1. The third kappa shape index (κ3) is 7.19. The van der Waals surface area contributed by atoms with Crippen molar-refractivity contribution in [1.29, 1.82) is 0 Å². The lowest BCUT2D eigenvalue weighted by atomic mass is 10.3. The lowest BCUT2D eigenvalue weighted by Crippen LogP contribution is -2.37. The molecule has 0 radical (unpaired) electrons. The van der Waals surface area contributed by atoms with Crippen LogP contribution in [-0.2, 0) is 0 Å². The van der Waals surface area contributed by atoms with Crippen molar-refractivity contribution >= 4 is 69.1 Å². The van der Waals surface area contributed by atoms with E-state index in [1.165, 1.54) is 0 Å². The lowest BCUT2D eigenvalue weighted by Gasteiger charge is -2.10. The van der Waals surface area contributed by atoms with E-state index in [0.717, 1.165) is 4.47 Å². The third-order valence-corrected chi connectivity index (χ3v) is 3.04. The second-order valence-corrected chi connectivity index (χ2v) is 5.84. The van der Waals surface area contributed by atoms with Gasteiger partial charge in [0.15, 0.2) is 11.7 Å². The topological polar surface area (TPSA) is 59.6 Å². The number of rotatable bonds is 5. The Kier molecular flexibility index (Phi) is 9.96. The molecule has 114 valence electrons. The molecule has 0 atom stereocenters. The van der Waals surface area contributed by atoms with E-state index in [1.807, 2.05) is 13.8 Å². The smallest absolute Gasteiger partial charge is 0.188 e. The molecule has 8 heteroatoms. The molecule has 1 aromatic rings. The number of hydrogen-bond acceptors (Lipinski definition) is 2. The van der Waals surface area contributed by atoms with Crippen molar-refractivity contribution in [2.24, 2.45) is 10.7 Å². The molecule has 3 N–H and O–H groups in total. The van der Waals surface area contributed by atoms with Crippen molar-refractivity contribution in [2.45, 2.75) is 19.9 Å². The average Bonchev–Trinajstić information content (AvgIpc) is 2.25. The molecule has 0 aliphatic heterocycles. The highest BCUT2D eigenvalue weighted by Gasteiger charge is 2.08. The summed E-state index contributed by atoms with van der Waals surface area (Å²) in [4.78, 5) is 4.12. The fraction of sp³-hybridized carbons (Fsp3) is 0.417. The van der Waals surface area contributed by atoms with Gasteiger partial charge in [0.2, 0.25) is 0 Å². The first-order valence-corrected chi connectivity index (χ1v) is 7.29. The predicted molar refractivity (Wildman–Crippen MR) is 99.8 cm³/mol. The maximum absolute atomic E-state index is 6.03. The molecule has 20 heavy (non-hydrogen) atoms. The Bertz CT molecular complexity index is 449. The molecule has 0 aliphatic carbocycles. The van der Waals surface area contributed by atoms with E-state index >= 15 is 0 Å². The van der Waals surface area contributed by atoms with E-state index in [2.05, 4.69) is 26.2 Å². The number of aliphatic imine (C=N–C) groups is 1. The van der Waals surface area contributed by atoms with Gasteiger partial charge in [-0.2, -0.15) is 0 Å². The summed E-state index contributed by atoms with van der Waals surface area (Å²) >= 11 is 15.4. The van der Waals surface area contributed by atoms with Crippen molar-refractivity contribution in [3.05, 3.63) is 26.7 Å². The minimum absolute atomic E-state index is 0. The first kappa shape index (κ1) is 20.1. The highest BCUT2D eigenvalue weighted by Crippen LogP contribution is 2.35. The van der Waals surface area contributed by atoms with Crippen LogP contribution >= 0.6 is 63.1 Å². The SMILES string of the molecule is CC(C)NC(N)=NCCOc1c(Cl)cc(Br)cc1Cl.I. The molecule has 0 aromatic heterocycles. The monoisotopic (exact) mass is 495 g/mol. The van der Waals surface area contributed by atoms with Crippen LogP contribution in [0, 0.1) is 0 Å². The van der Waals surface area contributed by atoms with Gasteiger partial charge in [-0.15, -0.1) is 24.0 Å². The summed E-state index contributed by atoms with van der Waals surface area (Å²) in [6.45, 7) is 4.75. The van der Waals surface area contributed by atoms with Crippen molar-refractivity contribution in [3.8, 4) is 5.75 Å². The van der Waals surface area contributed by atoms with Crippen LogP contribution in [0.1, 0.15) is 13.8 Å². The van der Waals surface area contributed by atoms with Crippen LogP contribution in [0.5, 0.6) is 5.75 Å². The number of ether oxygens (including phenoxy) is 1. The molecule has 0 saturated heterocycles. The number of benzene rings is 1. The van der Waals surface area contributed by atoms with Gasteiger partial charge in [-0.05, 0) is 26.0 Å². The Morgan fingerprint density at radius 2 is 1.95 bits per heavy atom. The third-order valence-electron chi connectivity index (χ3n) is 2.02. The number of nitrogens with zero attached hydrogens (tertiary/aromatic N) is 1. The largest absolute Gasteiger partial charge is 0.489 e. The van der Waals surface area contributed by atoms with Crippen LogP contribution in [0.15, 0.2) is 21.6 Å². The fourth-order valence-electron chi connectivity index (χ4n) is 1.32. The van der Waals surface area contributed by atoms with E-state index in [4.69, 9.17) is 33.7 Å². The van der Waals surface area contributed by atoms with Gasteiger partial charge in [0, 0.05) is 10.5 Å². The number of nitrogens with two attached hydrogens (primary N) is 1. The molecule has 1 rings (SSSR count). The average molecular weight is 497 g/mol. The Morgan fingerprint density at radius 1 is 1.40 bits per heavy atom. The zero-order valence-electron chi connectivity index (χ0n) is 11.1. The maximum atomic E-state index is 6.03. The summed E-state index contributed by atoms with van der Waals surface area (Å²) in [5.74, 6) is 0.851. The molecule has 0 amide bonds. The normalized spacial score (nSPS) is 11.2. The van der Waals surface area contributed by atoms with Gasteiger partial charge in [0.1, 0.15) is 6.61 Å². The van der Waals surface area contributed by atoms with Crippen LogP contribution < -0.4 is 15.8 Å². The van der Waals surface area contributed by atoms with E-state index in [-0.39, 0.29) is 30.0 Å². The molecular formula is C12H17BrCl2IN3O. The summed E-state index contributed by atoms with van der Waals surface area (Å²) in [7, 11) is 0. The Hall–Kier alpha value is 0.0800. The summed E-state index contributed by atoms with van der Waals surface area (Å²) in [6.07, 6.45) is 0. The van der Waals surface area contributed by atoms with E-state index in [0.29, 0.717) is 34.9 Å². The van der Waals surface area contributed by atoms with Crippen molar-refractivity contribution in [2.75, 3.05) is 13.2 Å². The highest BCUT2D eigenvalue weighted by molar-refractivity contribution is 14.0. The van der Waals surface area contributed by atoms with E-state index < -0.39 is 0 Å². The van der Waals surface area contributed by atoms with Crippen molar-refractivity contribution in [1.82, 2.24) is 5.32 Å². The van der Waals surface area contributed by atoms with Crippen molar-refractivity contribution < 1.29 is 4.74 Å². The van der Waals surface area contributed by atoms with Gasteiger partial charge >= 0.3 is 0 Å². The van der Waals surface area contributed by atoms with Crippen LogP contribution in [-0.4, -0.2) is 25.2 Å². The fourth-order valence-corrected chi connectivity index (χ4v) is 2.64. The van der Waals surface area contributed by atoms with E-state index in [1.54, 1.807) is 12.1 Å². The van der Waals surface area contributed by atoms with Crippen LogP contribution in [0.4, 0.5) is 0 Å². The van der Waals surface area contributed by atoms with Crippen LogP contribution in [0.2, 0.25) is 10.0 Å². The van der Waals surface area contributed by atoms with Gasteiger partial charge in [0.25, 0.3) is 0 Å². The number of halogens is 4. The number of hydrogen-bond donors (Lipinski definition) is 2. The molecule has 0 aliphatic rings. The zero-order valence-corrected chi connectivity index (χ0v) is 16.5.